The quantitative estimate of drug-likeness (QED) is 0.915. The highest BCUT2D eigenvalue weighted by Crippen LogP contribution is 2.50. The molecule has 4 nitrogen and oxygen atoms in total. The molecule has 0 spiro atoms. The summed E-state index contributed by atoms with van der Waals surface area (Å²) < 4.78 is 6.16. The number of hydrogen-bond acceptors (Lipinski definition) is 3. The monoisotopic (exact) mass is 279 g/mol. The van der Waals surface area contributed by atoms with Crippen LogP contribution in [0.3, 0.4) is 0 Å². The van der Waals surface area contributed by atoms with Crippen LogP contribution >= 0.6 is 0 Å². The molecule has 106 valence electrons. The molecular formula is C17H17N3O. The topological polar surface area (TPSA) is 61.7 Å². The third-order valence-corrected chi connectivity index (χ3v) is 4.26. The zero-order chi connectivity index (χ0) is 14.4. The van der Waals surface area contributed by atoms with Crippen LogP contribution in [0.2, 0.25) is 0 Å². The summed E-state index contributed by atoms with van der Waals surface area (Å²) in [6.07, 6.45) is 4.85. The maximum absolute atomic E-state index is 9.01. The van der Waals surface area contributed by atoms with Gasteiger partial charge in [-0.25, -0.2) is 0 Å². The van der Waals surface area contributed by atoms with Crippen molar-refractivity contribution >= 4 is 0 Å². The lowest BCUT2D eigenvalue weighted by Crippen LogP contribution is -1.92. The van der Waals surface area contributed by atoms with E-state index in [0.717, 1.165) is 28.5 Å². The predicted octanol–water partition coefficient (Wildman–Crippen LogP) is 4.14. The molecule has 2 fully saturated rings. The van der Waals surface area contributed by atoms with Crippen LogP contribution in [-0.4, -0.2) is 10.2 Å². The highest BCUT2D eigenvalue weighted by molar-refractivity contribution is 5.47. The molecule has 4 rings (SSSR count). The number of nitrogens with one attached hydrogen (secondary N) is 1. The summed E-state index contributed by atoms with van der Waals surface area (Å²) in [5, 5.41) is 16.7. The van der Waals surface area contributed by atoms with E-state index >= 15 is 0 Å². The summed E-state index contributed by atoms with van der Waals surface area (Å²) >= 11 is 0. The molecule has 0 radical (unpaired) electrons. The Morgan fingerprint density at radius 3 is 2.62 bits per heavy atom. The molecule has 1 aromatic carbocycles. The molecule has 0 bridgehead atoms. The van der Waals surface area contributed by atoms with E-state index in [9.17, 15) is 0 Å². The van der Waals surface area contributed by atoms with Gasteiger partial charge >= 0.3 is 0 Å². The van der Waals surface area contributed by atoms with Gasteiger partial charge in [-0.3, -0.25) is 5.10 Å². The second kappa shape index (κ2) is 4.63. The van der Waals surface area contributed by atoms with E-state index in [0.29, 0.717) is 17.4 Å². The Morgan fingerprint density at radius 2 is 2.00 bits per heavy atom. The van der Waals surface area contributed by atoms with E-state index in [1.807, 2.05) is 25.1 Å². The minimum Gasteiger partial charge on any atom is -0.453 e. The van der Waals surface area contributed by atoms with E-state index in [2.05, 4.69) is 16.3 Å². The van der Waals surface area contributed by atoms with E-state index in [1.165, 1.54) is 25.7 Å². The Kier molecular flexibility index (Phi) is 2.75. The average Bonchev–Trinajstić information content (AvgIpc) is 3.39. The zero-order valence-electron chi connectivity index (χ0n) is 12.0. The number of nitrogens with zero attached hydrogens (tertiary/aromatic N) is 2. The lowest BCUT2D eigenvalue weighted by atomic mass is 10.1. The minimum absolute atomic E-state index is 0.559. The van der Waals surface area contributed by atoms with Gasteiger partial charge in [-0.05, 0) is 56.4 Å². The van der Waals surface area contributed by atoms with Gasteiger partial charge in [0.25, 0.3) is 0 Å². The molecule has 2 aliphatic carbocycles. The van der Waals surface area contributed by atoms with Crippen LogP contribution in [0.4, 0.5) is 0 Å². The summed E-state index contributed by atoms with van der Waals surface area (Å²) in [5.41, 5.74) is 3.87. The lowest BCUT2D eigenvalue weighted by molar-refractivity contribution is 0.470. The Balaban J connectivity index is 1.68. The van der Waals surface area contributed by atoms with E-state index in [1.54, 1.807) is 0 Å². The third kappa shape index (κ3) is 2.29. The van der Waals surface area contributed by atoms with Crippen LogP contribution in [0.5, 0.6) is 11.5 Å². The first kappa shape index (κ1) is 12.5. The number of H-pyrrole nitrogens is 1. The summed E-state index contributed by atoms with van der Waals surface area (Å²) in [7, 11) is 0. The third-order valence-electron chi connectivity index (χ3n) is 4.26. The van der Waals surface area contributed by atoms with Crippen molar-refractivity contribution in [3.63, 3.8) is 0 Å². The summed E-state index contributed by atoms with van der Waals surface area (Å²) in [5.74, 6) is 2.86. The largest absolute Gasteiger partial charge is 0.453 e. The van der Waals surface area contributed by atoms with Crippen molar-refractivity contribution in [2.24, 2.45) is 0 Å². The second-order valence-corrected chi connectivity index (χ2v) is 6.09. The smallest absolute Gasteiger partial charge is 0.171 e. The summed E-state index contributed by atoms with van der Waals surface area (Å²) in [6.45, 7) is 1.93. The van der Waals surface area contributed by atoms with Gasteiger partial charge in [-0.15, -0.1) is 0 Å². The van der Waals surface area contributed by atoms with Crippen molar-refractivity contribution in [2.45, 2.75) is 44.4 Å². The van der Waals surface area contributed by atoms with E-state index in [-0.39, 0.29) is 0 Å². The van der Waals surface area contributed by atoms with Crippen molar-refractivity contribution in [1.82, 2.24) is 10.2 Å². The first-order valence-electron chi connectivity index (χ1n) is 7.53. The summed E-state index contributed by atoms with van der Waals surface area (Å²) in [6, 6.07) is 7.80. The SMILES string of the molecule is Cc1cc(Oc2c(C3CC3)n[nH]c2C2CC2)ccc1C#N. The van der Waals surface area contributed by atoms with Gasteiger partial charge in [0.15, 0.2) is 5.75 Å². The second-order valence-electron chi connectivity index (χ2n) is 6.09. The first-order valence-corrected chi connectivity index (χ1v) is 7.53. The molecule has 0 saturated heterocycles. The lowest BCUT2D eigenvalue weighted by Gasteiger charge is -2.09. The van der Waals surface area contributed by atoms with Crippen molar-refractivity contribution in [3.8, 4) is 17.6 Å². The van der Waals surface area contributed by atoms with E-state index < -0.39 is 0 Å². The number of rotatable bonds is 4. The number of benzene rings is 1. The van der Waals surface area contributed by atoms with Gasteiger partial charge in [-0.1, -0.05) is 0 Å². The maximum Gasteiger partial charge on any atom is 0.171 e. The van der Waals surface area contributed by atoms with Crippen molar-refractivity contribution in [1.29, 1.82) is 5.26 Å². The zero-order valence-corrected chi connectivity index (χ0v) is 12.0. The first-order chi connectivity index (χ1) is 10.3. The molecule has 4 heteroatoms. The van der Waals surface area contributed by atoms with Crippen LogP contribution in [0.15, 0.2) is 18.2 Å². The Hall–Kier alpha value is -2.28. The molecule has 2 aromatic rings. The fourth-order valence-corrected chi connectivity index (χ4v) is 2.69. The highest BCUT2D eigenvalue weighted by Gasteiger charge is 2.36. The molecule has 2 saturated carbocycles. The number of hydrogen-bond donors (Lipinski definition) is 1. The number of nitriles is 1. The number of aryl methyl sites for hydroxylation is 1. The normalized spacial score (nSPS) is 17.5. The van der Waals surface area contributed by atoms with Crippen molar-refractivity contribution in [3.05, 3.63) is 40.7 Å². The Bertz CT molecular complexity index is 703. The van der Waals surface area contributed by atoms with Crippen molar-refractivity contribution in [2.75, 3.05) is 0 Å². The summed E-state index contributed by atoms with van der Waals surface area (Å²) in [4.78, 5) is 0. The Labute approximate surface area is 123 Å². The molecule has 1 N–H and O–H groups in total. The molecule has 21 heavy (non-hydrogen) atoms. The standard InChI is InChI=1S/C17H17N3O/c1-10-8-14(7-6-13(10)9-18)21-17-15(11-2-3-11)19-20-16(17)12-4-5-12/h6-8,11-12H,2-5H2,1H3,(H,19,20). The number of aromatic amines is 1. The van der Waals surface area contributed by atoms with Crippen LogP contribution in [0.1, 0.15) is 60.0 Å². The van der Waals surface area contributed by atoms with Crippen LogP contribution in [-0.2, 0) is 0 Å². The average molecular weight is 279 g/mol. The van der Waals surface area contributed by atoms with Gasteiger partial charge in [0.05, 0.1) is 17.3 Å². The molecule has 0 unspecified atom stereocenters. The molecule has 2 aliphatic rings. The van der Waals surface area contributed by atoms with Crippen LogP contribution < -0.4 is 4.74 Å². The highest BCUT2D eigenvalue weighted by atomic mass is 16.5. The van der Waals surface area contributed by atoms with Gasteiger partial charge in [0.2, 0.25) is 0 Å². The molecular weight excluding hydrogens is 262 g/mol. The van der Waals surface area contributed by atoms with E-state index in [4.69, 9.17) is 10.00 Å². The molecule has 0 amide bonds. The predicted molar refractivity (Wildman–Crippen MR) is 78.5 cm³/mol. The molecule has 0 aliphatic heterocycles. The maximum atomic E-state index is 9.01. The molecule has 1 aromatic heterocycles. The molecule has 1 heterocycles. The van der Waals surface area contributed by atoms with Gasteiger partial charge < -0.3 is 4.74 Å². The van der Waals surface area contributed by atoms with Gasteiger partial charge in [-0.2, -0.15) is 10.4 Å². The fourth-order valence-electron chi connectivity index (χ4n) is 2.69. The van der Waals surface area contributed by atoms with Crippen molar-refractivity contribution < 1.29 is 4.74 Å². The Morgan fingerprint density at radius 1 is 1.24 bits per heavy atom. The minimum atomic E-state index is 0.559. The van der Waals surface area contributed by atoms with Crippen LogP contribution in [0, 0.1) is 18.3 Å². The number of aromatic nitrogens is 2. The van der Waals surface area contributed by atoms with Gasteiger partial charge in [0, 0.05) is 11.8 Å². The fraction of sp³-hybridized carbons (Fsp3) is 0.412. The number of ether oxygens (including phenoxy) is 1. The van der Waals surface area contributed by atoms with Crippen LogP contribution in [0.25, 0.3) is 0 Å². The van der Waals surface area contributed by atoms with Gasteiger partial charge in [0.1, 0.15) is 11.4 Å². The molecule has 0 atom stereocenters.